The molecule has 3 N–H and O–H groups in total. The summed E-state index contributed by atoms with van der Waals surface area (Å²) in [4.78, 5) is 58.5. The third-order valence-electron chi connectivity index (χ3n) is 10.6. The third kappa shape index (κ3) is 11.0. The first-order chi connectivity index (χ1) is 26.0. The number of carbonyl (C=O) groups excluding carboxylic acids is 3. The number of hydrogen-bond donors (Lipinski definition) is 3. The van der Waals surface area contributed by atoms with Crippen molar-refractivity contribution in [2.45, 2.75) is 82.8 Å². The van der Waals surface area contributed by atoms with Crippen LogP contribution >= 0.6 is 11.8 Å². The molecular weight excluding hydrogens is 705 g/mol. The van der Waals surface area contributed by atoms with Gasteiger partial charge in [0.15, 0.2) is 0 Å². The van der Waals surface area contributed by atoms with Crippen molar-refractivity contribution in [3.05, 3.63) is 108 Å². The van der Waals surface area contributed by atoms with Gasteiger partial charge in [0.2, 0.25) is 11.8 Å². The lowest BCUT2D eigenvalue weighted by Crippen LogP contribution is -2.58. The molecular formula is C42H54N4O7S. The van der Waals surface area contributed by atoms with Gasteiger partial charge in [0.25, 0.3) is 0 Å². The summed E-state index contributed by atoms with van der Waals surface area (Å²) in [5.74, 6) is -0.194. The first-order valence-corrected chi connectivity index (χ1v) is 20.0. The summed E-state index contributed by atoms with van der Waals surface area (Å²) in [6, 6.07) is 26.7. The van der Waals surface area contributed by atoms with Crippen molar-refractivity contribution in [3.8, 4) is 0 Å². The summed E-state index contributed by atoms with van der Waals surface area (Å²) in [6.45, 7) is 4.83. The predicted molar refractivity (Wildman–Crippen MR) is 210 cm³/mol. The molecule has 3 aromatic carbocycles. The monoisotopic (exact) mass is 758 g/mol. The number of likely N-dealkylation sites (tertiary alicyclic amines) is 1. The minimum Gasteiger partial charge on any atom is -0.465 e. The molecule has 0 spiro atoms. The van der Waals surface area contributed by atoms with E-state index in [1.165, 1.54) is 4.90 Å². The van der Waals surface area contributed by atoms with Crippen LogP contribution in [-0.2, 0) is 33.8 Å². The van der Waals surface area contributed by atoms with Crippen LogP contribution < -0.4 is 5.32 Å². The Labute approximate surface area is 323 Å². The van der Waals surface area contributed by atoms with Crippen molar-refractivity contribution in [2.24, 2.45) is 11.8 Å². The number of aliphatic hydroxyl groups excluding tert-OH is 1. The molecule has 54 heavy (non-hydrogen) atoms. The second-order valence-electron chi connectivity index (χ2n) is 14.8. The van der Waals surface area contributed by atoms with E-state index < -0.39 is 36.3 Å². The quantitative estimate of drug-likeness (QED) is 0.169. The Morgan fingerprint density at radius 3 is 1.87 bits per heavy atom. The fraction of sp³-hybridized carbons (Fsp3) is 0.476. The van der Waals surface area contributed by atoms with Crippen molar-refractivity contribution in [3.63, 3.8) is 0 Å². The first-order valence-electron chi connectivity index (χ1n) is 18.9. The molecule has 2 fully saturated rings. The second-order valence-corrected chi connectivity index (χ2v) is 15.8. The number of ether oxygens (including phenoxy) is 1. The standard InChI is InChI=1S/C42H54N4O7S/c1-29(2)38(40(49)45-21-19-34(20-22-45)44(3)42(52)53-26-32-17-11-6-12-18-32)43-39(48)33(23-30-13-7-4-8-14-30)25-37(47)36(24-31-15-9-5-10-16-31)46(41(50)51)35-27-54-28-35/h4-18,29,33-38,47H,19-28H2,1-3H3,(H,43,48)(H,50,51)/t33?,36?,37?,38-/m0/s1. The summed E-state index contributed by atoms with van der Waals surface area (Å²) < 4.78 is 5.52. The van der Waals surface area contributed by atoms with Crippen LogP contribution in [0.25, 0.3) is 0 Å². The van der Waals surface area contributed by atoms with E-state index in [2.05, 4.69) is 5.32 Å². The molecule has 0 aromatic heterocycles. The van der Waals surface area contributed by atoms with E-state index in [9.17, 15) is 29.4 Å². The predicted octanol–water partition coefficient (Wildman–Crippen LogP) is 5.70. The highest BCUT2D eigenvalue weighted by Crippen LogP contribution is 2.30. The summed E-state index contributed by atoms with van der Waals surface area (Å²) in [5.41, 5.74) is 2.70. The van der Waals surface area contributed by atoms with Crippen LogP contribution in [0.1, 0.15) is 49.8 Å². The minimum atomic E-state index is -1.14. The van der Waals surface area contributed by atoms with Crippen LogP contribution in [0.3, 0.4) is 0 Å². The Kier molecular flexibility index (Phi) is 14.8. The largest absolute Gasteiger partial charge is 0.465 e. The summed E-state index contributed by atoms with van der Waals surface area (Å²) >= 11 is 1.66. The number of nitrogens with zero attached hydrogens (tertiary/aromatic N) is 3. The Hall–Kier alpha value is -4.55. The Morgan fingerprint density at radius 2 is 1.37 bits per heavy atom. The Bertz CT molecular complexity index is 1650. The zero-order chi connectivity index (χ0) is 38.6. The highest BCUT2D eigenvalue weighted by Gasteiger charge is 2.40. The third-order valence-corrected chi connectivity index (χ3v) is 11.8. The van der Waals surface area contributed by atoms with Gasteiger partial charge in [-0.2, -0.15) is 11.8 Å². The smallest absolute Gasteiger partial charge is 0.410 e. The molecule has 290 valence electrons. The SMILES string of the molecule is CC(C)[C@H](NC(=O)C(Cc1ccccc1)CC(O)C(Cc1ccccc1)N(C(=O)O)C1CSC1)C(=O)N1CCC(N(C)C(=O)OCc2ccccc2)CC1. The lowest BCUT2D eigenvalue weighted by Gasteiger charge is -2.42. The second kappa shape index (κ2) is 19.7. The van der Waals surface area contributed by atoms with Crippen LogP contribution in [-0.4, -0.2) is 111 Å². The number of aliphatic hydroxyl groups is 1. The van der Waals surface area contributed by atoms with Crippen molar-refractivity contribution in [1.29, 1.82) is 0 Å². The van der Waals surface area contributed by atoms with Crippen molar-refractivity contribution >= 4 is 35.8 Å². The van der Waals surface area contributed by atoms with E-state index in [-0.39, 0.29) is 42.8 Å². The molecule has 0 aliphatic carbocycles. The maximum absolute atomic E-state index is 14.3. The molecule has 2 aliphatic rings. The van der Waals surface area contributed by atoms with Crippen LogP contribution in [0, 0.1) is 11.8 Å². The molecule has 4 atom stereocenters. The maximum atomic E-state index is 14.3. The molecule has 4 amide bonds. The molecule has 2 heterocycles. The highest BCUT2D eigenvalue weighted by molar-refractivity contribution is 8.00. The topological polar surface area (TPSA) is 140 Å². The van der Waals surface area contributed by atoms with Gasteiger partial charge in [-0.15, -0.1) is 0 Å². The summed E-state index contributed by atoms with van der Waals surface area (Å²) in [6.07, 6.45) is -0.864. The van der Waals surface area contributed by atoms with Gasteiger partial charge in [-0.25, -0.2) is 9.59 Å². The molecule has 3 aromatic rings. The minimum absolute atomic E-state index is 0.0129. The molecule has 2 aliphatic heterocycles. The van der Waals surface area contributed by atoms with E-state index in [1.54, 1.807) is 28.6 Å². The van der Waals surface area contributed by atoms with Gasteiger partial charge in [-0.1, -0.05) is 105 Å². The Morgan fingerprint density at radius 1 is 0.833 bits per heavy atom. The molecule has 12 heteroatoms. The van der Waals surface area contributed by atoms with Crippen molar-refractivity contribution in [1.82, 2.24) is 20.0 Å². The van der Waals surface area contributed by atoms with Crippen LogP contribution in [0.4, 0.5) is 9.59 Å². The number of carboxylic acid groups (broad SMARTS) is 1. The van der Waals surface area contributed by atoms with E-state index in [0.717, 1.165) is 16.7 Å². The summed E-state index contributed by atoms with van der Waals surface area (Å²) in [7, 11) is 1.72. The van der Waals surface area contributed by atoms with Crippen molar-refractivity contribution < 1.29 is 34.1 Å². The number of hydrogen-bond acceptors (Lipinski definition) is 7. The molecule has 0 radical (unpaired) electrons. The molecule has 2 saturated heterocycles. The molecule has 3 unspecified atom stereocenters. The molecule has 0 saturated carbocycles. The first kappa shape index (κ1) is 40.6. The van der Waals surface area contributed by atoms with Crippen LogP contribution in [0.2, 0.25) is 0 Å². The van der Waals surface area contributed by atoms with Gasteiger partial charge in [0.1, 0.15) is 12.6 Å². The van der Waals surface area contributed by atoms with Crippen LogP contribution in [0.15, 0.2) is 91.0 Å². The maximum Gasteiger partial charge on any atom is 0.410 e. The number of carbonyl (C=O) groups is 4. The summed E-state index contributed by atoms with van der Waals surface area (Å²) in [5, 5.41) is 25.3. The van der Waals surface area contributed by atoms with E-state index in [0.29, 0.717) is 50.3 Å². The number of nitrogens with one attached hydrogen (secondary N) is 1. The zero-order valence-electron chi connectivity index (χ0n) is 31.5. The van der Waals surface area contributed by atoms with Crippen molar-refractivity contribution in [2.75, 3.05) is 31.6 Å². The number of piperidine rings is 1. The van der Waals surface area contributed by atoms with E-state index in [4.69, 9.17) is 4.74 Å². The number of thioether (sulfide) groups is 1. The lowest BCUT2D eigenvalue weighted by molar-refractivity contribution is -0.140. The van der Waals surface area contributed by atoms with Gasteiger partial charge in [-0.3, -0.25) is 14.5 Å². The number of amides is 4. The van der Waals surface area contributed by atoms with Crippen LogP contribution in [0.5, 0.6) is 0 Å². The lowest BCUT2D eigenvalue weighted by atomic mass is 9.87. The van der Waals surface area contributed by atoms with Gasteiger partial charge < -0.3 is 30.1 Å². The normalized spacial score (nSPS) is 17.1. The van der Waals surface area contributed by atoms with Gasteiger partial charge in [0.05, 0.1) is 18.2 Å². The van der Waals surface area contributed by atoms with Gasteiger partial charge in [0, 0.05) is 43.6 Å². The highest BCUT2D eigenvalue weighted by atomic mass is 32.2. The van der Waals surface area contributed by atoms with E-state index >= 15 is 0 Å². The number of benzene rings is 3. The Balaban J connectivity index is 1.26. The average Bonchev–Trinajstić information content (AvgIpc) is 3.16. The fourth-order valence-electron chi connectivity index (χ4n) is 7.28. The average molecular weight is 759 g/mol. The molecule has 0 bridgehead atoms. The fourth-order valence-corrected chi connectivity index (χ4v) is 8.05. The zero-order valence-corrected chi connectivity index (χ0v) is 32.3. The molecule has 5 rings (SSSR count). The van der Waals surface area contributed by atoms with Gasteiger partial charge in [-0.05, 0) is 54.7 Å². The molecule has 11 nitrogen and oxygen atoms in total. The van der Waals surface area contributed by atoms with E-state index in [1.807, 2.05) is 105 Å². The number of rotatable bonds is 16. The van der Waals surface area contributed by atoms with Gasteiger partial charge >= 0.3 is 12.2 Å².